The number of benzene rings is 3. The number of carbonyl (C=O) groups excluding carboxylic acids is 2. The zero-order chi connectivity index (χ0) is 29.5. The number of hydrogen-bond acceptors (Lipinski definition) is 8. The van der Waals surface area contributed by atoms with Crippen LogP contribution in [0.4, 0.5) is 5.69 Å². The van der Waals surface area contributed by atoms with Crippen LogP contribution < -0.4 is 20.1 Å². The summed E-state index contributed by atoms with van der Waals surface area (Å²) < 4.78 is 12.4. The summed E-state index contributed by atoms with van der Waals surface area (Å²) in [7, 11) is 3.16. The molecule has 10 nitrogen and oxygen atoms in total. The molecule has 0 radical (unpaired) electrons. The van der Waals surface area contributed by atoms with Crippen molar-refractivity contribution in [2.75, 3.05) is 19.5 Å². The van der Waals surface area contributed by atoms with Crippen LogP contribution in [-0.4, -0.2) is 45.8 Å². The number of halogens is 1. The van der Waals surface area contributed by atoms with Crippen LogP contribution in [0.3, 0.4) is 0 Å². The number of nitrogens with one attached hydrogen (secondary N) is 2. The minimum Gasteiger partial charge on any atom is -0.497 e. The molecule has 2 N–H and O–H groups in total. The van der Waals surface area contributed by atoms with E-state index in [4.69, 9.17) is 31.2 Å². The first-order chi connectivity index (χ1) is 20.4. The molecule has 0 atom stereocenters. The lowest BCUT2D eigenvalue weighted by Gasteiger charge is -2.12. The van der Waals surface area contributed by atoms with Gasteiger partial charge < -0.3 is 20.1 Å². The third-order valence-electron chi connectivity index (χ3n) is 6.34. The van der Waals surface area contributed by atoms with E-state index in [0.29, 0.717) is 46.1 Å². The molecule has 0 aliphatic rings. The van der Waals surface area contributed by atoms with E-state index in [1.165, 1.54) is 11.3 Å². The van der Waals surface area contributed by atoms with Crippen LogP contribution in [0.5, 0.6) is 11.5 Å². The number of nitrogens with zero attached hydrogens (tertiary/aromatic N) is 4. The third kappa shape index (κ3) is 6.93. The van der Waals surface area contributed by atoms with Gasteiger partial charge >= 0.3 is 0 Å². The monoisotopic (exact) mass is 602 g/mol. The highest BCUT2D eigenvalue weighted by Gasteiger charge is 2.16. The van der Waals surface area contributed by atoms with Crippen LogP contribution in [0.15, 0.2) is 77.6 Å². The third-order valence-corrected chi connectivity index (χ3v) is 7.16. The Bertz CT molecular complexity index is 1690. The number of amides is 2. The van der Waals surface area contributed by atoms with Crippen molar-refractivity contribution in [2.24, 2.45) is 0 Å². The van der Waals surface area contributed by atoms with Gasteiger partial charge in [-0.1, -0.05) is 23.7 Å². The second-order valence-electron chi connectivity index (χ2n) is 9.10. The van der Waals surface area contributed by atoms with Crippen LogP contribution >= 0.6 is 22.9 Å². The number of ether oxygens (including phenoxy) is 2. The van der Waals surface area contributed by atoms with Gasteiger partial charge in [-0.2, -0.15) is 5.10 Å². The van der Waals surface area contributed by atoms with Gasteiger partial charge in [-0.25, -0.2) is 14.6 Å². The highest BCUT2D eigenvalue weighted by atomic mass is 35.5. The van der Waals surface area contributed by atoms with E-state index in [1.54, 1.807) is 60.1 Å². The lowest BCUT2D eigenvalue weighted by molar-refractivity contribution is -0.121. The van der Waals surface area contributed by atoms with Crippen molar-refractivity contribution in [2.45, 2.75) is 19.5 Å². The maximum absolute atomic E-state index is 12.8. The first kappa shape index (κ1) is 28.8. The zero-order valence-corrected chi connectivity index (χ0v) is 24.4. The molecule has 5 rings (SSSR count). The first-order valence-electron chi connectivity index (χ1n) is 12.9. The van der Waals surface area contributed by atoms with Crippen LogP contribution in [0.2, 0.25) is 5.02 Å². The van der Waals surface area contributed by atoms with Crippen molar-refractivity contribution in [1.82, 2.24) is 25.1 Å². The van der Waals surface area contributed by atoms with E-state index < -0.39 is 0 Å². The summed E-state index contributed by atoms with van der Waals surface area (Å²) in [4.78, 5) is 34.0. The molecule has 0 saturated carbocycles. The molecule has 42 heavy (non-hydrogen) atoms. The standard InChI is InChI=1S/C30H27ClN6O4S/c1-40-24-11-8-21(26(15-24)41-2)16-32-27(38)12-13-37-29(35-28(36-37)20-4-3-5-22(31)14-20)19-6-9-23(10-7-19)34-30(39)25-17-42-18-33-25/h3-11,14-15,17-18H,12-13,16H2,1-2H3,(H,32,38)(H,34,39). The molecule has 5 aromatic rings. The summed E-state index contributed by atoms with van der Waals surface area (Å²) in [5.41, 5.74) is 4.94. The largest absolute Gasteiger partial charge is 0.497 e. The van der Waals surface area contributed by atoms with E-state index in [9.17, 15) is 9.59 Å². The Morgan fingerprint density at radius 2 is 1.83 bits per heavy atom. The maximum atomic E-state index is 12.8. The average Bonchev–Trinajstić information content (AvgIpc) is 3.70. The lowest BCUT2D eigenvalue weighted by atomic mass is 10.2. The molecule has 0 bridgehead atoms. The molecule has 0 saturated heterocycles. The summed E-state index contributed by atoms with van der Waals surface area (Å²) >= 11 is 7.57. The van der Waals surface area contributed by atoms with Crippen LogP contribution in [0, 0.1) is 0 Å². The fraction of sp³-hybridized carbons (Fsp3) is 0.167. The summed E-state index contributed by atoms with van der Waals surface area (Å²) in [6.45, 7) is 0.592. The van der Waals surface area contributed by atoms with Gasteiger partial charge in [0, 0.05) is 51.8 Å². The van der Waals surface area contributed by atoms with Crippen LogP contribution in [-0.2, 0) is 17.9 Å². The number of rotatable bonds is 11. The van der Waals surface area contributed by atoms with Gasteiger partial charge in [0.25, 0.3) is 5.91 Å². The number of carbonyl (C=O) groups is 2. The molecule has 3 aromatic carbocycles. The number of methoxy groups -OCH3 is 2. The fourth-order valence-electron chi connectivity index (χ4n) is 4.17. The molecule has 2 aromatic heterocycles. The SMILES string of the molecule is COc1ccc(CNC(=O)CCn2nc(-c3cccc(Cl)c3)nc2-c2ccc(NC(=O)c3cscn3)cc2)c(OC)c1. The Hall–Kier alpha value is -4.74. The molecule has 2 heterocycles. The highest BCUT2D eigenvalue weighted by molar-refractivity contribution is 7.07. The number of hydrogen-bond donors (Lipinski definition) is 2. The van der Waals surface area contributed by atoms with Gasteiger partial charge in [-0.3, -0.25) is 9.59 Å². The first-order valence-corrected chi connectivity index (χ1v) is 14.2. The minimum absolute atomic E-state index is 0.154. The number of anilines is 1. The molecule has 0 spiro atoms. The molecule has 2 amide bonds. The van der Waals surface area contributed by atoms with Crippen LogP contribution in [0.1, 0.15) is 22.5 Å². The number of aryl methyl sites for hydroxylation is 1. The van der Waals surface area contributed by atoms with Crippen molar-refractivity contribution in [3.8, 4) is 34.3 Å². The maximum Gasteiger partial charge on any atom is 0.275 e. The Labute approximate surface area is 251 Å². The predicted molar refractivity (Wildman–Crippen MR) is 162 cm³/mol. The fourth-order valence-corrected chi connectivity index (χ4v) is 4.89. The minimum atomic E-state index is -0.284. The van der Waals surface area contributed by atoms with Gasteiger partial charge in [-0.05, 0) is 48.5 Å². The quantitative estimate of drug-likeness (QED) is 0.199. The van der Waals surface area contributed by atoms with Gasteiger partial charge in [0.1, 0.15) is 17.2 Å². The average molecular weight is 603 g/mol. The molecule has 12 heteroatoms. The van der Waals surface area contributed by atoms with Crippen LogP contribution in [0.25, 0.3) is 22.8 Å². The highest BCUT2D eigenvalue weighted by Crippen LogP contribution is 2.27. The molecule has 0 fully saturated rings. The topological polar surface area (TPSA) is 120 Å². The van der Waals surface area contributed by atoms with E-state index >= 15 is 0 Å². The smallest absolute Gasteiger partial charge is 0.275 e. The van der Waals surface area contributed by atoms with E-state index in [2.05, 4.69) is 15.6 Å². The number of thiazole rings is 1. The Kier molecular flexibility index (Phi) is 9.10. The Morgan fingerprint density at radius 1 is 1.00 bits per heavy atom. The second-order valence-corrected chi connectivity index (χ2v) is 10.3. The Morgan fingerprint density at radius 3 is 2.55 bits per heavy atom. The summed E-state index contributed by atoms with van der Waals surface area (Å²) in [5.74, 6) is 1.92. The van der Waals surface area contributed by atoms with Crippen molar-refractivity contribution in [1.29, 1.82) is 0 Å². The molecular formula is C30H27ClN6O4S. The van der Waals surface area contributed by atoms with Crippen molar-refractivity contribution < 1.29 is 19.1 Å². The predicted octanol–water partition coefficient (Wildman–Crippen LogP) is 5.70. The van der Waals surface area contributed by atoms with Gasteiger partial charge in [0.2, 0.25) is 5.91 Å². The van der Waals surface area contributed by atoms with Crippen molar-refractivity contribution in [3.63, 3.8) is 0 Å². The summed E-state index contributed by atoms with van der Waals surface area (Å²) in [6, 6.07) is 20.0. The summed E-state index contributed by atoms with van der Waals surface area (Å²) in [5, 5.41) is 12.7. The second kappa shape index (κ2) is 13.3. The molecule has 0 unspecified atom stereocenters. The van der Waals surface area contributed by atoms with E-state index in [0.717, 1.165) is 16.7 Å². The normalized spacial score (nSPS) is 10.7. The van der Waals surface area contributed by atoms with Crippen molar-refractivity contribution >= 4 is 40.4 Å². The zero-order valence-electron chi connectivity index (χ0n) is 22.8. The van der Waals surface area contributed by atoms with Gasteiger partial charge in [0.05, 0.1) is 26.3 Å². The summed E-state index contributed by atoms with van der Waals surface area (Å²) in [6.07, 6.45) is 0.172. The van der Waals surface area contributed by atoms with E-state index in [1.807, 2.05) is 36.4 Å². The molecular weight excluding hydrogens is 576 g/mol. The lowest BCUT2D eigenvalue weighted by Crippen LogP contribution is -2.24. The molecule has 0 aliphatic heterocycles. The Balaban J connectivity index is 1.32. The van der Waals surface area contributed by atoms with Gasteiger partial charge in [-0.15, -0.1) is 11.3 Å². The number of aromatic nitrogens is 4. The van der Waals surface area contributed by atoms with E-state index in [-0.39, 0.29) is 24.8 Å². The van der Waals surface area contributed by atoms with Gasteiger partial charge in [0.15, 0.2) is 11.6 Å². The molecule has 214 valence electrons. The van der Waals surface area contributed by atoms with Crippen molar-refractivity contribution in [3.05, 3.63) is 93.9 Å². The molecule has 0 aliphatic carbocycles.